The van der Waals surface area contributed by atoms with Gasteiger partial charge < -0.3 is 10.2 Å². The molecular formula is C80H158O4. The molecule has 0 bridgehead atoms. The third kappa shape index (κ3) is 67.0. The van der Waals surface area contributed by atoms with Crippen molar-refractivity contribution in [2.45, 2.75) is 489 Å². The van der Waals surface area contributed by atoms with Gasteiger partial charge in [-0.3, -0.25) is 9.59 Å². The van der Waals surface area contributed by atoms with Gasteiger partial charge in [-0.05, 0) is 25.7 Å². The molecule has 0 fully saturated rings. The topological polar surface area (TPSA) is 74.6 Å². The number of Topliss-reactive ketones (excluding diaryl/α,β-unsaturated/α-hetero) is 1. The highest BCUT2D eigenvalue weighted by atomic mass is 16.4. The molecule has 0 aliphatic rings. The van der Waals surface area contributed by atoms with Crippen LogP contribution in [0.4, 0.5) is 0 Å². The van der Waals surface area contributed by atoms with Crippen molar-refractivity contribution in [3.05, 3.63) is 0 Å². The Bertz CT molecular complexity index is 1230. The third-order valence-corrected chi connectivity index (χ3v) is 19.9. The molecule has 0 aromatic carbocycles. The van der Waals surface area contributed by atoms with Crippen LogP contribution in [0.15, 0.2) is 0 Å². The molecule has 4 heteroatoms. The first kappa shape index (κ1) is 83.1. The Morgan fingerprint density at radius 2 is 0.405 bits per heavy atom. The highest BCUT2D eigenvalue weighted by Crippen LogP contribution is 2.24. The predicted octanol–water partition coefficient (Wildman–Crippen LogP) is 28.4. The van der Waals surface area contributed by atoms with E-state index in [0.29, 0.717) is 18.6 Å². The van der Waals surface area contributed by atoms with Gasteiger partial charge in [-0.25, -0.2) is 0 Å². The molecule has 0 amide bonds. The second-order valence-corrected chi connectivity index (χ2v) is 28.3. The Balaban J connectivity index is 3.33. The van der Waals surface area contributed by atoms with E-state index in [1.807, 2.05) is 0 Å². The van der Waals surface area contributed by atoms with Crippen LogP contribution in [0.1, 0.15) is 483 Å². The number of carbonyl (C=O) groups excluding carboxylic acids is 1. The number of carbonyl (C=O) groups is 2. The zero-order chi connectivity index (χ0) is 60.8. The molecule has 3 atom stereocenters. The van der Waals surface area contributed by atoms with Crippen LogP contribution in [0, 0.1) is 11.8 Å². The monoisotopic (exact) mass is 1180 g/mol. The largest absolute Gasteiger partial charge is 0.481 e. The van der Waals surface area contributed by atoms with E-state index in [1.165, 1.54) is 405 Å². The summed E-state index contributed by atoms with van der Waals surface area (Å²) in [4.78, 5) is 24.6. The fourth-order valence-electron chi connectivity index (χ4n) is 13.7. The number of ketones is 1. The van der Waals surface area contributed by atoms with Crippen LogP contribution >= 0.6 is 0 Å². The molecule has 0 aliphatic heterocycles. The molecular weight excluding hydrogens is 1020 g/mol. The quantitative estimate of drug-likeness (QED) is 0.0595. The van der Waals surface area contributed by atoms with Crippen LogP contribution < -0.4 is 0 Å². The second kappa shape index (κ2) is 72.8. The Labute approximate surface area is 529 Å². The number of unbranched alkanes of at least 4 members (excludes halogenated alkanes) is 65. The maximum Gasteiger partial charge on any atom is 0.309 e. The van der Waals surface area contributed by atoms with Crippen molar-refractivity contribution in [1.29, 1.82) is 0 Å². The van der Waals surface area contributed by atoms with Crippen molar-refractivity contribution in [2.24, 2.45) is 11.8 Å². The van der Waals surface area contributed by atoms with Crippen LogP contribution in [-0.2, 0) is 9.59 Å². The Morgan fingerprint density at radius 3 is 0.607 bits per heavy atom. The molecule has 0 aromatic rings. The highest BCUT2D eigenvalue weighted by molar-refractivity contribution is 5.80. The molecule has 0 aromatic heterocycles. The predicted molar refractivity (Wildman–Crippen MR) is 375 cm³/mol. The minimum Gasteiger partial charge on any atom is -0.481 e. The lowest BCUT2D eigenvalue weighted by Gasteiger charge is -2.19. The first-order chi connectivity index (χ1) is 41.4. The van der Waals surface area contributed by atoms with Crippen LogP contribution in [0.25, 0.3) is 0 Å². The van der Waals surface area contributed by atoms with Gasteiger partial charge in [0.1, 0.15) is 5.78 Å². The molecule has 0 saturated carbocycles. The standard InChI is InChI=1S/C80H158O4/c1-4-6-8-10-12-14-16-18-20-22-41-45-49-53-57-61-65-69-73-77(80(83)84)79(82)75-71-67-63-59-55-51-47-43-40-38-36-34-32-30-28-26-24-23-25-27-29-31-33-35-37-39-42-46-50-54-58-62-66-70-74-78(81)76(3)72-68-64-60-56-52-48-44-21-19-17-15-13-11-9-7-5-2/h76-77,79,82H,4-75H2,1-3H3,(H,83,84). The fourth-order valence-corrected chi connectivity index (χ4v) is 13.7. The average Bonchev–Trinajstić information content (AvgIpc) is 3.52. The average molecular weight is 1180 g/mol. The minimum absolute atomic E-state index is 0.281. The summed E-state index contributed by atoms with van der Waals surface area (Å²) in [7, 11) is 0. The molecule has 4 nitrogen and oxygen atoms in total. The van der Waals surface area contributed by atoms with Gasteiger partial charge in [0.25, 0.3) is 0 Å². The van der Waals surface area contributed by atoms with Gasteiger partial charge in [-0.1, -0.05) is 451 Å². The number of aliphatic carboxylic acids is 1. The molecule has 0 spiro atoms. The number of aliphatic hydroxyl groups excluding tert-OH is 1. The van der Waals surface area contributed by atoms with Gasteiger partial charge in [0.15, 0.2) is 0 Å². The summed E-state index contributed by atoms with van der Waals surface area (Å²) in [6, 6.07) is 0. The maximum atomic E-state index is 12.7. The smallest absolute Gasteiger partial charge is 0.309 e. The van der Waals surface area contributed by atoms with E-state index in [9.17, 15) is 19.8 Å². The lowest BCUT2D eigenvalue weighted by molar-refractivity contribution is -0.146. The molecule has 0 rings (SSSR count). The molecule has 0 heterocycles. The summed E-state index contributed by atoms with van der Waals surface area (Å²) in [5.74, 6) is -0.573. The van der Waals surface area contributed by atoms with Crippen LogP contribution in [0.3, 0.4) is 0 Å². The van der Waals surface area contributed by atoms with E-state index in [4.69, 9.17) is 0 Å². The zero-order valence-electron chi connectivity index (χ0n) is 58.4. The SMILES string of the molecule is CCCCCCCCCCCCCCCCCCCCC(C(=O)O)C(O)CCCCCCCCCCCCCCCCCCCCCCCCCCCCCCCCCCCCC(=O)C(C)CCCCCCCCCCCCCCCCCC. The van der Waals surface area contributed by atoms with E-state index in [1.54, 1.807) is 0 Å². The maximum absolute atomic E-state index is 12.7. The minimum atomic E-state index is -0.802. The third-order valence-electron chi connectivity index (χ3n) is 19.9. The van der Waals surface area contributed by atoms with Crippen LogP contribution in [0.2, 0.25) is 0 Å². The molecule has 84 heavy (non-hydrogen) atoms. The van der Waals surface area contributed by atoms with Gasteiger partial charge in [-0.2, -0.15) is 0 Å². The summed E-state index contributed by atoms with van der Waals surface area (Å²) in [5.41, 5.74) is 0. The highest BCUT2D eigenvalue weighted by Gasteiger charge is 2.25. The summed E-state index contributed by atoms with van der Waals surface area (Å²) < 4.78 is 0. The second-order valence-electron chi connectivity index (χ2n) is 28.3. The van der Waals surface area contributed by atoms with Crippen molar-refractivity contribution in [3.8, 4) is 0 Å². The first-order valence-electron chi connectivity index (χ1n) is 39.9. The molecule has 0 radical (unpaired) electrons. The molecule has 2 N–H and O–H groups in total. The van der Waals surface area contributed by atoms with Crippen molar-refractivity contribution in [2.75, 3.05) is 0 Å². The fraction of sp³-hybridized carbons (Fsp3) is 0.975. The van der Waals surface area contributed by atoms with E-state index in [-0.39, 0.29) is 5.92 Å². The number of aliphatic hydroxyl groups is 1. The zero-order valence-corrected chi connectivity index (χ0v) is 58.4. The van der Waals surface area contributed by atoms with Gasteiger partial charge in [0.05, 0.1) is 12.0 Å². The lowest BCUT2D eigenvalue weighted by atomic mass is 9.91. The molecule has 0 saturated heterocycles. The van der Waals surface area contributed by atoms with Crippen molar-refractivity contribution < 1.29 is 19.8 Å². The van der Waals surface area contributed by atoms with E-state index >= 15 is 0 Å². The Morgan fingerprint density at radius 1 is 0.238 bits per heavy atom. The normalized spacial score (nSPS) is 12.9. The van der Waals surface area contributed by atoms with E-state index in [2.05, 4.69) is 20.8 Å². The van der Waals surface area contributed by atoms with Gasteiger partial charge in [0, 0.05) is 12.3 Å². The summed E-state index contributed by atoms with van der Waals surface area (Å²) in [6.45, 7) is 6.78. The van der Waals surface area contributed by atoms with Crippen molar-refractivity contribution >= 4 is 11.8 Å². The first-order valence-corrected chi connectivity index (χ1v) is 39.9. The number of hydrogen-bond donors (Lipinski definition) is 2. The van der Waals surface area contributed by atoms with Gasteiger partial charge in [-0.15, -0.1) is 0 Å². The molecule has 502 valence electrons. The molecule has 0 aliphatic carbocycles. The summed E-state index contributed by atoms with van der Waals surface area (Å²) >= 11 is 0. The lowest BCUT2D eigenvalue weighted by Crippen LogP contribution is -2.28. The van der Waals surface area contributed by atoms with E-state index in [0.717, 1.165) is 44.9 Å². The summed E-state index contributed by atoms with van der Waals surface area (Å²) in [5, 5.41) is 20.5. The van der Waals surface area contributed by atoms with Gasteiger partial charge >= 0.3 is 5.97 Å². The van der Waals surface area contributed by atoms with Crippen LogP contribution in [-0.4, -0.2) is 28.1 Å². The number of hydrogen-bond acceptors (Lipinski definition) is 3. The van der Waals surface area contributed by atoms with Crippen molar-refractivity contribution in [1.82, 2.24) is 0 Å². The van der Waals surface area contributed by atoms with E-state index < -0.39 is 18.0 Å². The van der Waals surface area contributed by atoms with Crippen LogP contribution in [0.5, 0.6) is 0 Å². The van der Waals surface area contributed by atoms with Crippen molar-refractivity contribution in [3.63, 3.8) is 0 Å². The van der Waals surface area contributed by atoms with Gasteiger partial charge in [0.2, 0.25) is 0 Å². The number of carboxylic acids is 1. The number of carboxylic acid groups (broad SMARTS) is 1. The summed E-state index contributed by atoms with van der Waals surface area (Å²) in [6.07, 6.45) is 96.0. The Hall–Kier alpha value is -0.900. The number of rotatable bonds is 76. The Kier molecular flexibility index (Phi) is 72.1. The molecule has 3 unspecified atom stereocenters.